The SMILES string of the molecule is CCNC(=O)C(=O)NCC(c1ccc2c(c1)CCCN2C)N(C)C. The molecule has 0 aromatic heterocycles. The van der Waals surface area contributed by atoms with Crippen molar-refractivity contribution >= 4 is 17.5 Å². The number of aryl methyl sites for hydroxylation is 1. The second-order valence-electron chi connectivity index (χ2n) is 6.46. The van der Waals surface area contributed by atoms with Crippen LogP contribution in [0.25, 0.3) is 0 Å². The molecule has 1 unspecified atom stereocenters. The van der Waals surface area contributed by atoms with Gasteiger partial charge in [0, 0.05) is 32.4 Å². The average molecular weight is 332 g/mol. The molecule has 24 heavy (non-hydrogen) atoms. The lowest BCUT2D eigenvalue weighted by Gasteiger charge is -2.30. The Kier molecular flexibility index (Phi) is 6.20. The molecule has 1 aromatic carbocycles. The Morgan fingerprint density at radius 3 is 2.62 bits per heavy atom. The zero-order valence-corrected chi connectivity index (χ0v) is 15.1. The van der Waals surface area contributed by atoms with Gasteiger partial charge in [0.2, 0.25) is 0 Å². The van der Waals surface area contributed by atoms with Crippen molar-refractivity contribution in [2.75, 3.05) is 45.7 Å². The third kappa shape index (κ3) is 4.26. The van der Waals surface area contributed by atoms with Gasteiger partial charge in [0.15, 0.2) is 0 Å². The first-order valence-corrected chi connectivity index (χ1v) is 8.50. The molecule has 2 N–H and O–H groups in total. The van der Waals surface area contributed by atoms with Gasteiger partial charge in [-0.2, -0.15) is 0 Å². The summed E-state index contributed by atoms with van der Waals surface area (Å²) in [6.07, 6.45) is 2.24. The van der Waals surface area contributed by atoms with E-state index in [1.54, 1.807) is 6.92 Å². The molecular weight excluding hydrogens is 304 g/mol. The third-order valence-corrected chi connectivity index (χ3v) is 4.46. The fourth-order valence-corrected chi connectivity index (χ4v) is 3.12. The van der Waals surface area contributed by atoms with Crippen LogP contribution in [0, 0.1) is 0 Å². The number of nitrogens with zero attached hydrogens (tertiary/aromatic N) is 2. The highest BCUT2D eigenvalue weighted by atomic mass is 16.2. The Bertz CT molecular complexity index is 601. The average Bonchev–Trinajstić information content (AvgIpc) is 2.55. The van der Waals surface area contributed by atoms with E-state index in [4.69, 9.17) is 0 Å². The normalized spacial score (nSPS) is 15.0. The zero-order valence-electron chi connectivity index (χ0n) is 15.1. The number of carbonyl (C=O) groups is 2. The molecule has 0 saturated carbocycles. The van der Waals surface area contributed by atoms with Crippen LogP contribution >= 0.6 is 0 Å². The molecule has 6 heteroatoms. The van der Waals surface area contributed by atoms with Crippen LogP contribution in [0.4, 0.5) is 5.69 Å². The summed E-state index contributed by atoms with van der Waals surface area (Å²) in [6.45, 7) is 3.73. The Labute approximate surface area is 144 Å². The molecule has 0 bridgehead atoms. The standard InChI is InChI=1S/C18H28N4O2/c1-5-19-17(23)18(24)20-12-16(21(2)3)14-8-9-15-13(11-14)7-6-10-22(15)4/h8-9,11,16H,5-7,10,12H2,1-4H3,(H,19,23)(H,20,24). The fraction of sp³-hybridized carbons (Fsp3) is 0.556. The van der Waals surface area contributed by atoms with Gasteiger partial charge >= 0.3 is 11.8 Å². The lowest BCUT2D eigenvalue weighted by atomic mass is 9.96. The number of amides is 2. The van der Waals surface area contributed by atoms with E-state index in [-0.39, 0.29) is 6.04 Å². The number of hydrogen-bond donors (Lipinski definition) is 2. The molecule has 1 aliphatic rings. The maximum absolute atomic E-state index is 11.8. The van der Waals surface area contributed by atoms with Crippen molar-refractivity contribution < 1.29 is 9.59 Å². The molecule has 1 aliphatic heterocycles. The van der Waals surface area contributed by atoms with Gasteiger partial charge in [-0.25, -0.2) is 0 Å². The molecule has 2 rings (SSSR count). The van der Waals surface area contributed by atoms with E-state index in [1.165, 1.54) is 11.3 Å². The smallest absolute Gasteiger partial charge is 0.309 e. The molecule has 0 aliphatic carbocycles. The van der Waals surface area contributed by atoms with E-state index in [0.717, 1.165) is 24.9 Å². The molecule has 0 fully saturated rings. The first-order valence-electron chi connectivity index (χ1n) is 8.50. The minimum absolute atomic E-state index is 0.0286. The fourth-order valence-electron chi connectivity index (χ4n) is 3.12. The van der Waals surface area contributed by atoms with Gasteiger partial charge < -0.3 is 20.4 Å². The molecule has 0 radical (unpaired) electrons. The molecule has 1 aromatic rings. The number of nitrogens with one attached hydrogen (secondary N) is 2. The predicted octanol–water partition coefficient (Wildman–Crippen LogP) is 0.924. The number of rotatable bonds is 5. The quantitative estimate of drug-likeness (QED) is 0.787. The predicted molar refractivity (Wildman–Crippen MR) is 96.2 cm³/mol. The summed E-state index contributed by atoms with van der Waals surface area (Å²) >= 11 is 0. The van der Waals surface area contributed by atoms with E-state index >= 15 is 0 Å². The summed E-state index contributed by atoms with van der Waals surface area (Å²) < 4.78 is 0. The van der Waals surface area contributed by atoms with Gasteiger partial charge in [-0.05, 0) is 51.1 Å². The van der Waals surface area contributed by atoms with Crippen LogP contribution in [0.5, 0.6) is 0 Å². The lowest BCUT2D eigenvalue weighted by molar-refractivity contribution is -0.139. The zero-order chi connectivity index (χ0) is 17.7. The van der Waals surface area contributed by atoms with E-state index in [1.807, 2.05) is 14.1 Å². The van der Waals surface area contributed by atoms with Gasteiger partial charge in [-0.1, -0.05) is 12.1 Å². The summed E-state index contributed by atoms with van der Waals surface area (Å²) in [5.41, 5.74) is 3.79. The summed E-state index contributed by atoms with van der Waals surface area (Å²) in [6, 6.07) is 6.53. The Balaban J connectivity index is 2.10. The number of likely N-dealkylation sites (N-methyl/N-ethyl adjacent to an activating group) is 2. The second-order valence-corrected chi connectivity index (χ2v) is 6.46. The minimum atomic E-state index is -0.582. The second kappa shape index (κ2) is 8.15. The number of anilines is 1. The monoisotopic (exact) mass is 332 g/mol. The Hall–Kier alpha value is -2.08. The Morgan fingerprint density at radius 2 is 1.96 bits per heavy atom. The molecule has 132 valence electrons. The van der Waals surface area contributed by atoms with Crippen molar-refractivity contribution in [1.82, 2.24) is 15.5 Å². The van der Waals surface area contributed by atoms with Crippen LogP contribution in [0.15, 0.2) is 18.2 Å². The van der Waals surface area contributed by atoms with Crippen LogP contribution in [0.3, 0.4) is 0 Å². The molecule has 1 heterocycles. The van der Waals surface area contributed by atoms with Crippen molar-refractivity contribution in [3.63, 3.8) is 0 Å². The first-order chi connectivity index (χ1) is 11.4. The Morgan fingerprint density at radius 1 is 1.25 bits per heavy atom. The van der Waals surface area contributed by atoms with Crippen LogP contribution in [0.2, 0.25) is 0 Å². The molecule has 2 amide bonds. The van der Waals surface area contributed by atoms with Crippen molar-refractivity contribution in [2.45, 2.75) is 25.8 Å². The van der Waals surface area contributed by atoms with Gasteiger partial charge in [-0.3, -0.25) is 9.59 Å². The number of carbonyl (C=O) groups excluding carboxylic acids is 2. The highest BCUT2D eigenvalue weighted by Crippen LogP contribution is 2.29. The van der Waals surface area contributed by atoms with Crippen LogP contribution < -0.4 is 15.5 Å². The van der Waals surface area contributed by atoms with Crippen LogP contribution in [-0.2, 0) is 16.0 Å². The van der Waals surface area contributed by atoms with Gasteiger partial charge in [-0.15, -0.1) is 0 Å². The molecule has 0 saturated heterocycles. The minimum Gasteiger partial charge on any atom is -0.374 e. The van der Waals surface area contributed by atoms with Gasteiger partial charge in [0.05, 0.1) is 6.04 Å². The largest absolute Gasteiger partial charge is 0.374 e. The van der Waals surface area contributed by atoms with Crippen LogP contribution in [-0.4, -0.2) is 57.5 Å². The van der Waals surface area contributed by atoms with Crippen molar-refractivity contribution in [3.8, 4) is 0 Å². The van der Waals surface area contributed by atoms with E-state index < -0.39 is 11.8 Å². The molecule has 6 nitrogen and oxygen atoms in total. The van der Waals surface area contributed by atoms with Crippen LogP contribution in [0.1, 0.15) is 30.5 Å². The topological polar surface area (TPSA) is 64.7 Å². The van der Waals surface area contributed by atoms with Gasteiger partial charge in [0.1, 0.15) is 0 Å². The van der Waals surface area contributed by atoms with E-state index in [2.05, 4.69) is 45.7 Å². The summed E-state index contributed by atoms with van der Waals surface area (Å²) in [7, 11) is 6.08. The highest BCUT2D eigenvalue weighted by Gasteiger charge is 2.21. The maximum Gasteiger partial charge on any atom is 0.309 e. The molecule has 0 spiro atoms. The molecule has 1 atom stereocenters. The van der Waals surface area contributed by atoms with Crippen molar-refractivity contribution in [1.29, 1.82) is 0 Å². The van der Waals surface area contributed by atoms with Crippen molar-refractivity contribution in [2.24, 2.45) is 0 Å². The molecular formula is C18H28N4O2. The first kappa shape index (κ1) is 18.3. The number of hydrogen-bond acceptors (Lipinski definition) is 4. The van der Waals surface area contributed by atoms with E-state index in [0.29, 0.717) is 13.1 Å². The van der Waals surface area contributed by atoms with Gasteiger partial charge in [0.25, 0.3) is 0 Å². The third-order valence-electron chi connectivity index (χ3n) is 4.46. The highest BCUT2D eigenvalue weighted by molar-refractivity contribution is 6.35. The van der Waals surface area contributed by atoms with E-state index in [9.17, 15) is 9.59 Å². The summed E-state index contributed by atoms with van der Waals surface area (Å²) in [5, 5.41) is 5.25. The number of benzene rings is 1. The summed E-state index contributed by atoms with van der Waals surface area (Å²) in [4.78, 5) is 27.7. The van der Waals surface area contributed by atoms with Crippen molar-refractivity contribution in [3.05, 3.63) is 29.3 Å². The lowest BCUT2D eigenvalue weighted by Crippen LogP contribution is -2.43. The summed E-state index contributed by atoms with van der Waals surface area (Å²) in [5.74, 6) is -1.16. The number of fused-ring (bicyclic) bond motifs is 1. The maximum atomic E-state index is 11.8.